The van der Waals surface area contributed by atoms with E-state index in [4.69, 9.17) is 0 Å². The van der Waals surface area contributed by atoms with Crippen molar-refractivity contribution in [3.05, 3.63) is 35.9 Å². The minimum absolute atomic E-state index is 0.0282. The Morgan fingerprint density at radius 3 is 2.37 bits per heavy atom. The Bertz CT molecular complexity index is 730. The zero-order chi connectivity index (χ0) is 22.3. The Kier molecular flexibility index (Phi) is 9.55. The molecule has 2 rings (SSSR count). The fourth-order valence-corrected chi connectivity index (χ4v) is 5.65. The second-order valence-electron chi connectivity index (χ2n) is 8.15. The van der Waals surface area contributed by atoms with E-state index in [1.54, 1.807) is 30.6 Å². The molecule has 4 atom stereocenters. The quantitative estimate of drug-likeness (QED) is 0.503. The molecular weight excluding hydrogens is 418 g/mol. The summed E-state index contributed by atoms with van der Waals surface area (Å²) in [7, 11) is 1.58. The van der Waals surface area contributed by atoms with Crippen molar-refractivity contribution in [3.8, 4) is 0 Å². The van der Waals surface area contributed by atoms with Crippen LogP contribution in [0.5, 0.6) is 0 Å². The van der Waals surface area contributed by atoms with Gasteiger partial charge in [-0.3, -0.25) is 14.4 Å². The maximum Gasteiger partial charge on any atom is 0.242 e. The molecule has 8 heteroatoms. The number of hydrogen-bond donors (Lipinski definition) is 3. The number of likely N-dealkylation sites (N-methyl/N-ethyl adjacent to an activating group) is 1. The first kappa shape index (κ1) is 24.6. The molecular formula is C22H33N3O3S2. The zero-order valence-corrected chi connectivity index (χ0v) is 19.8. The van der Waals surface area contributed by atoms with Gasteiger partial charge in [-0.1, -0.05) is 44.2 Å². The number of nitrogens with one attached hydrogen (secondary N) is 2. The summed E-state index contributed by atoms with van der Waals surface area (Å²) in [6.07, 6.45) is 1.13. The molecule has 1 aliphatic heterocycles. The highest BCUT2D eigenvalue weighted by molar-refractivity contribution is 8.02. The van der Waals surface area contributed by atoms with Crippen LogP contribution < -0.4 is 10.6 Å². The van der Waals surface area contributed by atoms with E-state index < -0.39 is 6.04 Å². The molecule has 166 valence electrons. The Morgan fingerprint density at radius 2 is 1.83 bits per heavy atom. The Morgan fingerprint density at radius 1 is 1.17 bits per heavy atom. The number of carbonyl (C=O) groups excluding carboxylic acids is 3. The molecule has 1 fully saturated rings. The highest BCUT2D eigenvalue weighted by atomic mass is 32.2. The first-order chi connectivity index (χ1) is 14.2. The minimum Gasteiger partial charge on any atom is -0.357 e. The molecule has 0 bridgehead atoms. The number of carbonyl (C=O) groups is 3. The van der Waals surface area contributed by atoms with Crippen molar-refractivity contribution in [2.45, 2.75) is 55.4 Å². The molecule has 2 N–H and O–H groups in total. The van der Waals surface area contributed by atoms with Gasteiger partial charge in [0.25, 0.3) is 0 Å². The number of benzene rings is 1. The lowest BCUT2D eigenvalue weighted by Gasteiger charge is -2.25. The smallest absolute Gasteiger partial charge is 0.242 e. The van der Waals surface area contributed by atoms with E-state index in [9.17, 15) is 14.4 Å². The van der Waals surface area contributed by atoms with Gasteiger partial charge in [-0.2, -0.15) is 12.6 Å². The van der Waals surface area contributed by atoms with Gasteiger partial charge in [0.1, 0.15) is 6.04 Å². The minimum atomic E-state index is -0.635. The highest BCUT2D eigenvalue weighted by Gasteiger charge is 2.36. The second kappa shape index (κ2) is 11.6. The molecule has 0 unspecified atom stereocenters. The van der Waals surface area contributed by atoms with E-state index in [0.717, 1.165) is 5.56 Å². The number of amides is 3. The van der Waals surface area contributed by atoms with Crippen LogP contribution in [0.25, 0.3) is 0 Å². The second-order valence-corrected chi connectivity index (χ2v) is 10.3. The molecule has 30 heavy (non-hydrogen) atoms. The molecule has 1 aromatic rings. The molecule has 0 aliphatic carbocycles. The largest absolute Gasteiger partial charge is 0.357 e. The topological polar surface area (TPSA) is 78.5 Å². The Balaban J connectivity index is 2.10. The average molecular weight is 452 g/mol. The predicted molar refractivity (Wildman–Crippen MR) is 126 cm³/mol. The third-order valence-corrected chi connectivity index (χ3v) is 7.45. The van der Waals surface area contributed by atoms with E-state index >= 15 is 0 Å². The summed E-state index contributed by atoms with van der Waals surface area (Å²) >= 11 is 6.22. The molecule has 1 saturated heterocycles. The third kappa shape index (κ3) is 7.23. The summed E-state index contributed by atoms with van der Waals surface area (Å²) in [5, 5.41) is 5.42. The van der Waals surface area contributed by atoms with Gasteiger partial charge < -0.3 is 15.5 Å². The monoisotopic (exact) mass is 451 g/mol. The van der Waals surface area contributed by atoms with Crippen molar-refractivity contribution >= 4 is 42.1 Å². The van der Waals surface area contributed by atoms with Gasteiger partial charge in [0.2, 0.25) is 17.7 Å². The fourth-order valence-electron chi connectivity index (χ4n) is 3.51. The van der Waals surface area contributed by atoms with Crippen molar-refractivity contribution < 1.29 is 14.4 Å². The number of likely N-dealkylation sites (tertiary alicyclic amines) is 1. The molecule has 1 aromatic carbocycles. The summed E-state index contributed by atoms with van der Waals surface area (Å²) in [5.41, 5.74) is 0.989. The Labute approximate surface area is 189 Å². The van der Waals surface area contributed by atoms with Gasteiger partial charge in [-0.05, 0) is 17.9 Å². The average Bonchev–Trinajstić information content (AvgIpc) is 3.07. The first-order valence-corrected chi connectivity index (χ1v) is 11.8. The van der Waals surface area contributed by atoms with E-state index in [2.05, 4.69) is 37.1 Å². The molecule has 0 spiro atoms. The van der Waals surface area contributed by atoms with Crippen molar-refractivity contribution in [2.24, 2.45) is 5.92 Å². The number of rotatable bonds is 9. The van der Waals surface area contributed by atoms with Crippen molar-refractivity contribution in [3.63, 3.8) is 0 Å². The molecule has 0 saturated carbocycles. The van der Waals surface area contributed by atoms with Gasteiger partial charge in [0.15, 0.2) is 0 Å². The summed E-state index contributed by atoms with van der Waals surface area (Å²) in [6, 6.07) is 9.02. The summed E-state index contributed by atoms with van der Waals surface area (Å²) < 4.78 is 0. The normalized spacial score (nSPS) is 20.7. The van der Waals surface area contributed by atoms with E-state index in [0.29, 0.717) is 31.8 Å². The van der Waals surface area contributed by atoms with Crippen molar-refractivity contribution in [1.29, 1.82) is 0 Å². The predicted octanol–water partition coefficient (Wildman–Crippen LogP) is 2.14. The van der Waals surface area contributed by atoms with Crippen molar-refractivity contribution in [2.75, 3.05) is 20.1 Å². The van der Waals surface area contributed by atoms with E-state index in [-0.39, 0.29) is 33.5 Å². The van der Waals surface area contributed by atoms with Crippen molar-refractivity contribution in [1.82, 2.24) is 15.5 Å². The molecule has 0 radical (unpaired) electrons. The lowest BCUT2D eigenvalue weighted by Crippen LogP contribution is -2.50. The van der Waals surface area contributed by atoms with Crippen LogP contribution >= 0.6 is 24.4 Å². The fraction of sp³-hybridized carbons (Fsp3) is 0.591. The maximum absolute atomic E-state index is 13.2. The van der Waals surface area contributed by atoms with Gasteiger partial charge in [0, 0.05) is 44.0 Å². The lowest BCUT2D eigenvalue weighted by molar-refractivity contribution is -0.128. The lowest BCUT2D eigenvalue weighted by atomic mass is 10.0. The summed E-state index contributed by atoms with van der Waals surface area (Å²) in [5.74, 6) is 0.00490. The summed E-state index contributed by atoms with van der Waals surface area (Å²) in [4.78, 5) is 39.1. The van der Waals surface area contributed by atoms with Crippen LogP contribution in [0, 0.1) is 5.92 Å². The van der Waals surface area contributed by atoms with Gasteiger partial charge in [-0.15, -0.1) is 11.8 Å². The number of thiol groups is 1. The molecule has 6 nitrogen and oxygen atoms in total. The third-order valence-electron chi connectivity index (χ3n) is 5.16. The molecule has 3 amide bonds. The van der Waals surface area contributed by atoms with Crippen LogP contribution in [-0.2, 0) is 20.8 Å². The highest BCUT2D eigenvalue weighted by Crippen LogP contribution is 2.32. The summed E-state index contributed by atoms with van der Waals surface area (Å²) in [6.45, 7) is 6.91. The van der Waals surface area contributed by atoms with E-state index in [1.807, 2.05) is 30.3 Å². The van der Waals surface area contributed by atoms with Crippen LogP contribution in [-0.4, -0.2) is 64.6 Å². The molecule has 1 aliphatic rings. The van der Waals surface area contributed by atoms with Crippen LogP contribution in [0.15, 0.2) is 30.3 Å². The standard InChI is InChI=1S/C22H33N3O3S2/c1-14(2)10-19(30-20-13-25(15(3)26)12-18(20)29)22(28)24-17(21(27)23-4)11-16-8-6-5-7-9-16/h5-9,14,17-20,29H,10-13H2,1-4H3,(H,23,27)(H,24,28)/t17-,18+,19+,20-/m0/s1. The van der Waals surface area contributed by atoms with Gasteiger partial charge in [0.05, 0.1) is 5.25 Å². The SMILES string of the molecule is CNC(=O)[C@H](Cc1ccccc1)NC(=O)[C@@H](CC(C)C)S[C@H]1CN(C(C)=O)C[C@H]1S. The number of nitrogens with zero attached hydrogens (tertiary/aromatic N) is 1. The zero-order valence-electron chi connectivity index (χ0n) is 18.1. The van der Waals surface area contributed by atoms with Crippen LogP contribution in [0.4, 0.5) is 0 Å². The van der Waals surface area contributed by atoms with Crippen LogP contribution in [0.2, 0.25) is 0 Å². The number of hydrogen-bond acceptors (Lipinski definition) is 5. The molecule has 1 heterocycles. The van der Waals surface area contributed by atoms with Crippen LogP contribution in [0.3, 0.4) is 0 Å². The van der Waals surface area contributed by atoms with Gasteiger partial charge in [-0.25, -0.2) is 0 Å². The van der Waals surface area contributed by atoms with Gasteiger partial charge >= 0.3 is 0 Å². The molecule has 0 aromatic heterocycles. The first-order valence-electron chi connectivity index (χ1n) is 10.4. The number of thioether (sulfide) groups is 1. The van der Waals surface area contributed by atoms with E-state index in [1.165, 1.54) is 0 Å². The van der Waals surface area contributed by atoms with Crippen LogP contribution in [0.1, 0.15) is 32.8 Å². The maximum atomic E-state index is 13.2. The Hall–Kier alpha value is -1.67.